The number of para-hydroxylation sites is 4. The standard InChI is InChI=1S/C45H31N3/c1-3-13-30(14-4-1)31-23-25-38-36-19-9-12-22-42(36)48(44(38)27-31)45-29-39(34-17-7-10-20-40(34)46-45)32-24-26-37-35-18-8-11-21-41(35)47(43(37)28-32)33-15-5-2-6-16-33/h1-29,45-46H. The topological polar surface area (TPSA) is 21.9 Å². The smallest absolute Gasteiger partial charge is 0.124 e. The fourth-order valence-electron chi connectivity index (χ4n) is 7.79. The molecule has 1 N–H and O–H groups in total. The normalized spacial score (nSPS) is 14.3. The van der Waals surface area contributed by atoms with Crippen LogP contribution in [0.4, 0.5) is 5.69 Å². The summed E-state index contributed by atoms with van der Waals surface area (Å²) in [5.41, 5.74) is 13.2. The molecular formula is C45H31N3. The highest BCUT2D eigenvalue weighted by atomic mass is 15.2. The number of nitrogens with zero attached hydrogens (tertiary/aromatic N) is 2. The minimum absolute atomic E-state index is 0.0981. The second kappa shape index (κ2) is 10.6. The Bertz CT molecular complexity index is 2690. The third-order valence-electron chi connectivity index (χ3n) is 9.94. The zero-order valence-electron chi connectivity index (χ0n) is 26.2. The molecule has 3 heteroatoms. The summed E-state index contributed by atoms with van der Waals surface area (Å²) in [6.45, 7) is 0. The van der Waals surface area contributed by atoms with Gasteiger partial charge in [-0.15, -0.1) is 0 Å². The Kier molecular flexibility index (Phi) is 5.94. The highest BCUT2D eigenvalue weighted by molar-refractivity contribution is 6.11. The molecule has 226 valence electrons. The van der Waals surface area contributed by atoms with Crippen LogP contribution in [0.25, 0.3) is 66.0 Å². The van der Waals surface area contributed by atoms with Gasteiger partial charge in [-0.25, -0.2) is 0 Å². The van der Waals surface area contributed by atoms with Crippen LogP contribution < -0.4 is 5.32 Å². The van der Waals surface area contributed by atoms with E-state index in [1.54, 1.807) is 0 Å². The largest absolute Gasteiger partial charge is 0.361 e. The van der Waals surface area contributed by atoms with E-state index in [0.717, 1.165) is 11.4 Å². The lowest BCUT2D eigenvalue weighted by atomic mass is 9.92. The van der Waals surface area contributed by atoms with E-state index in [9.17, 15) is 0 Å². The first-order valence-corrected chi connectivity index (χ1v) is 16.6. The third kappa shape index (κ3) is 4.08. The minimum Gasteiger partial charge on any atom is -0.361 e. The highest BCUT2D eigenvalue weighted by Gasteiger charge is 2.25. The van der Waals surface area contributed by atoms with Gasteiger partial charge in [-0.05, 0) is 70.8 Å². The Morgan fingerprint density at radius 1 is 0.417 bits per heavy atom. The molecule has 0 amide bonds. The molecule has 2 aromatic heterocycles. The summed E-state index contributed by atoms with van der Waals surface area (Å²) in [6.07, 6.45) is 2.32. The van der Waals surface area contributed by atoms with Gasteiger partial charge in [0.1, 0.15) is 6.17 Å². The molecule has 1 atom stereocenters. The van der Waals surface area contributed by atoms with Crippen molar-refractivity contribution in [3.05, 3.63) is 187 Å². The molecule has 7 aromatic carbocycles. The summed E-state index contributed by atoms with van der Waals surface area (Å²) in [7, 11) is 0. The van der Waals surface area contributed by atoms with E-state index in [1.165, 1.54) is 71.4 Å². The summed E-state index contributed by atoms with van der Waals surface area (Å²) in [5, 5.41) is 8.96. The first kappa shape index (κ1) is 26.9. The second-order valence-corrected chi connectivity index (χ2v) is 12.6. The predicted octanol–water partition coefficient (Wildman–Crippen LogP) is 11.6. The molecule has 1 aliphatic rings. The van der Waals surface area contributed by atoms with Gasteiger partial charge in [0.2, 0.25) is 0 Å². The van der Waals surface area contributed by atoms with Gasteiger partial charge < -0.3 is 14.5 Å². The minimum atomic E-state index is -0.0981. The molecule has 0 saturated carbocycles. The van der Waals surface area contributed by atoms with Crippen molar-refractivity contribution in [3.8, 4) is 16.8 Å². The van der Waals surface area contributed by atoms with Crippen LogP contribution in [0.5, 0.6) is 0 Å². The molecule has 3 nitrogen and oxygen atoms in total. The lowest BCUT2D eigenvalue weighted by Crippen LogP contribution is -2.20. The maximum Gasteiger partial charge on any atom is 0.124 e. The SMILES string of the molecule is C1=C(c2ccc3c4ccccc4n(-c4ccccc4)c3c2)c2ccccc2NC1n1c2ccccc2c2ccc(-c3ccccc3)cc21. The average Bonchev–Trinajstić information content (AvgIpc) is 3.67. The monoisotopic (exact) mass is 613 g/mol. The van der Waals surface area contributed by atoms with Gasteiger partial charge in [-0.3, -0.25) is 0 Å². The van der Waals surface area contributed by atoms with Crippen LogP contribution in [-0.2, 0) is 0 Å². The van der Waals surface area contributed by atoms with Crippen molar-refractivity contribution >= 4 is 54.9 Å². The maximum absolute atomic E-state index is 3.92. The molecule has 0 aliphatic carbocycles. The van der Waals surface area contributed by atoms with Crippen molar-refractivity contribution in [1.82, 2.24) is 9.13 Å². The van der Waals surface area contributed by atoms with E-state index >= 15 is 0 Å². The molecule has 0 spiro atoms. The number of aromatic nitrogens is 2. The van der Waals surface area contributed by atoms with E-state index in [2.05, 4.69) is 190 Å². The Morgan fingerprint density at radius 2 is 1.00 bits per heavy atom. The van der Waals surface area contributed by atoms with Crippen LogP contribution in [0.3, 0.4) is 0 Å². The highest BCUT2D eigenvalue weighted by Crippen LogP contribution is 2.42. The van der Waals surface area contributed by atoms with Gasteiger partial charge in [0, 0.05) is 38.5 Å². The molecule has 0 fully saturated rings. The number of fused-ring (bicyclic) bond motifs is 7. The van der Waals surface area contributed by atoms with Crippen molar-refractivity contribution < 1.29 is 0 Å². The van der Waals surface area contributed by atoms with Gasteiger partial charge in [-0.1, -0.05) is 127 Å². The number of nitrogens with one attached hydrogen (secondary N) is 1. The van der Waals surface area contributed by atoms with Crippen LogP contribution in [0.1, 0.15) is 17.3 Å². The van der Waals surface area contributed by atoms with Crippen molar-refractivity contribution in [2.24, 2.45) is 0 Å². The summed E-state index contributed by atoms with van der Waals surface area (Å²) < 4.78 is 4.88. The van der Waals surface area contributed by atoms with E-state index in [1.807, 2.05) is 0 Å². The van der Waals surface area contributed by atoms with Crippen LogP contribution >= 0.6 is 0 Å². The van der Waals surface area contributed by atoms with Crippen molar-refractivity contribution in [1.29, 1.82) is 0 Å². The summed E-state index contributed by atoms with van der Waals surface area (Å²) in [6, 6.07) is 61.5. The number of hydrogen-bond donors (Lipinski definition) is 1. The van der Waals surface area contributed by atoms with Crippen LogP contribution in [-0.4, -0.2) is 9.13 Å². The van der Waals surface area contributed by atoms with E-state index in [0.29, 0.717) is 0 Å². The van der Waals surface area contributed by atoms with Crippen molar-refractivity contribution in [2.75, 3.05) is 5.32 Å². The molecule has 0 saturated heterocycles. The van der Waals surface area contributed by atoms with Crippen LogP contribution in [0.15, 0.2) is 176 Å². The predicted molar refractivity (Wildman–Crippen MR) is 202 cm³/mol. The van der Waals surface area contributed by atoms with E-state index in [-0.39, 0.29) is 6.17 Å². The van der Waals surface area contributed by atoms with Gasteiger partial charge in [-0.2, -0.15) is 0 Å². The Hall–Kier alpha value is -6.32. The number of rotatable bonds is 4. The van der Waals surface area contributed by atoms with Crippen molar-refractivity contribution in [2.45, 2.75) is 6.17 Å². The quantitative estimate of drug-likeness (QED) is 0.210. The fraction of sp³-hybridized carbons (Fsp3) is 0.0222. The summed E-state index contributed by atoms with van der Waals surface area (Å²) in [5.74, 6) is 0. The molecule has 1 unspecified atom stereocenters. The molecule has 0 radical (unpaired) electrons. The Morgan fingerprint density at radius 3 is 1.81 bits per heavy atom. The first-order valence-electron chi connectivity index (χ1n) is 16.6. The Labute approximate surface area is 278 Å². The summed E-state index contributed by atoms with van der Waals surface area (Å²) >= 11 is 0. The first-order chi connectivity index (χ1) is 23.8. The molecule has 10 rings (SSSR count). The number of benzene rings is 7. The van der Waals surface area contributed by atoms with Crippen LogP contribution in [0, 0.1) is 0 Å². The molecular weight excluding hydrogens is 583 g/mol. The fourth-order valence-corrected chi connectivity index (χ4v) is 7.79. The number of hydrogen-bond acceptors (Lipinski definition) is 1. The van der Waals surface area contributed by atoms with Gasteiger partial charge in [0.05, 0.1) is 22.1 Å². The lowest BCUT2D eigenvalue weighted by molar-refractivity contribution is 0.722. The summed E-state index contributed by atoms with van der Waals surface area (Å²) in [4.78, 5) is 0. The molecule has 48 heavy (non-hydrogen) atoms. The van der Waals surface area contributed by atoms with Crippen molar-refractivity contribution in [3.63, 3.8) is 0 Å². The molecule has 3 heterocycles. The lowest BCUT2D eigenvalue weighted by Gasteiger charge is -2.29. The Balaban J connectivity index is 1.21. The molecule has 9 aromatic rings. The zero-order chi connectivity index (χ0) is 31.6. The molecule has 1 aliphatic heterocycles. The van der Waals surface area contributed by atoms with Gasteiger partial charge in [0.25, 0.3) is 0 Å². The van der Waals surface area contributed by atoms with E-state index < -0.39 is 0 Å². The molecule has 0 bridgehead atoms. The second-order valence-electron chi connectivity index (χ2n) is 12.6. The average molecular weight is 614 g/mol. The number of anilines is 1. The zero-order valence-corrected chi connectivity index (χ0v) is 26.2. The van der Waals surface area contributed by atoms with Gasteiger partial charge >= 0.3 is 0 Å². The van der Waals surface area contributed by atoms with E-state index in [4.69, 9.17) is 0 Å². The maximum atomic E-state index is 3.92. The third-order valence-corrected chi connectivity index (χ3v) is 9.94. The van der Waals surface area contributed by atoms with Crippen LogP contribution in [0.2, 0.25) is 0 Å². The van der Waals surface area contributed by atoms with Gasteiger partial charge in [0.15, 0.2) is 0 Å².